The van der Waals surface area contributed by atoms with Gasteiger partial charge in [-0.3, -0.25) is 9.36 Å². The molecule has 4 heterocycles. The quantitative estimate of drug-likeness (QED) is 0.744. The van der Waals surface area contributed by atoms with Crippen molar-refractivity contribution < 1.29 is 4.79 Å². The first-order valence-electron chi connectivity index (χ1n) is 5.89. The lowest BCUT2D eigenvalue weighted by atomic mass is 10.1. The van der Waals surface area contributed by atoms with E-state index in [0.29, 0.717) is 5.15 Å². The summed E-state index contributed by atoms with van der Waals surface area (Å²) in [5.41, 5.74) is 1.87. The lowest BCUT2D eigenvalue weighted by molar-refractivity contribution is 0.0743. The molecular weight excluding hydrogens is 270 g/mol. The van der Waals surface area contributed by atoms with Gasteiger partial charge in [0.05, 0.1) is 17.4 Å². The number of carbonyl (C=O) groups is 1. The smallest absolute Gasteiger partial charge is 0.266 e. The van der Waals surface area contributed by atoms with Crippen LogP contribution in [-0.2, 0) is 0 Å². The van der Waals surface area contributed by atoms with E-state index in [4.69, 9.17) is 11.6 Å². The van der Waals surface area contributed by atoms with Gasteiger partial charge in [0.2, 0.25) is 0 Å². The number of aromatic nitrogens is 2. The van der Waals surface area contributed by atoms with Crippen molar-refractivity contribution in [2.45, 2.75) is 18.9 Å². The number of thiophene rings is 1. The predicted molar refractivity (Wildman–Crippen MR) is 69.5 cm³/mol. The van der Waals surface area contributed by atoms with Gasteiger partial charge in [0.15, 0.2) is 5.15 Å². The highest BCUT2D eigenvalue weighted by atomic mass is 35.5. The fourth-order valence-electron chi connectivity index (χ4n) is 2.90. The topological polar surface area (TPSA) is 38.1 Å². The number of halogens is 1. The maximum Gasteiger partial charge on any atom is 0.266 e. The molecule has 0 aliphatic carbocycles. The van der Waals surface area contributed by atoms with Gasteiger partial charge < -0.3 is 4.90 Å². The van der Waals surface area contributed by atoms with Crippen LogP contribution in [-0.4, -0.2) is 26.9 Å². The van der Waals surface area contributed by atoms with Crippen molar-refractivity contribution in [3.8, 4) is 5.69 Å². The molecule has 4 rings (SSSR count). The van der Waals surface area contributed by atoms with Crippen molar-refractivity contribution in [2.24, 2.45) is 0 Å². The first-order chi connectivity index (χ1) is 8.77. The summed E-state index contributed by atoms with van der Waals surface area (Å²) in [6.45, 7) is 0.808. The Morgan fingerprint density at radius 2 is 2.39 bits per heavy atom. The van der Waals surface area contributed by atoms with Crippen LogP contribution in [0.15, 0.2) is 17.8 Å². The molecule has 1 amide bonds. The van der Waals surface area contributed by atoms with Crippen LogP contribution in [0.2, 0.25) is 5.15 Å². The van der Waals surface area contributed by atoms with Crippen LogP contribution < -0.4 is 0 Å². The Morgan fingerprint density at radius 1 is 1.50 bits per heavy atom. The molecule has 1 atom stereocenters. The van der Waals surface area contributed by atoms with E-state index in [-0.39, 0.29) is 11.9 Å². The molecule has 0 radical (unpaired) electrons. The summed E-state index contributed by atoms with van der Waals surface area (Å²) in [5.74, 6) is 0.127. The molecule has 6 heteroatoms. The van der Waals surface area contributed by atoms with Gasteiger partial charge in [-0.2, -0.15) is 0 Å². The number of amides is 1. The van der Waals surface area contributed by atoms with Gasteiger partial charge in [0.25, 0.3) is 5.91 Å². The van der Waals surface area contributed by atoms with Gasteiger partial charge >= 0.3 is 0 Å². The fraction of sp³-hybridized carbons (Fsp3) is 0.333. The summed E-state index contributed by atoms with van der Waals surface area (Å²) in [4.78, 5) is 19.4. The van der Waals surface area contributed by atoms with E-state index in [1.54, 1.807) is 6.33 Å². The average Bonchev–Trinajstić information content (AvgIpc) is 3.03. The Labute approximate surface area is 113 Å². The molecule has 0 N–H and O–H groups in total. The number of nitrogens with zero attached hydrogens (tertiary/aromatic N) is 3. The Bertz CT molecular complexity index is 648. The first kappa shape index (κ1) is 10.6. The number of fused-ring (bicyclic) bond motifs is 5. The van der Waals surface area contributed by atoms with Crippen LogP contribution in [0.4, 0.5) is 0 Å². The third-order valence-electron chi connectivity index (χ3n) is 3.68. The van der Waals surface area contributed by atoms with Crippen molar-refractivity contribution in [1.82, 2.24) is 14.5 Å². The number of hydrogen-bond acceptors (Lipinski definition) is 3. The molecule has 1 fully saturated rings. The van der Waals surface area contributed by atoms with Crippen LogP contribution in [0.3, 0.4) is 0 Å². The van der Waals surface area contributed by atoms with Gasteiger partial charge in [-0.25, -0.2) is 4.98 Å². The third kappa shape index (κ3) is 1.21. The van der Waals surface area contributed by atoms with E-state index in [9.17, 15) is 4.79 Å². The number of imidazole rings is 1. The standard InChI is InChI=1S/C12H10ClN3OS/c13-11-9-7-2-1-4-15(7)12(17)10-8(3-5-18-10)16(9)6-14-11/h3,5-7H,1-2,4H2/t7-/m0/s1. The summed E-state index contributed by atoms with van der Waals surface area (Å²) < 4.78 is 1.97. The zero-order chi connectivity index (χ0) is 12.3. The lowest BCUT2D eigenvalue weighted by Gasteiger charge is -2.22. The summed E-state index contributed by atoms with van der Waals surface area (Å²) >= 11 is 7.70. The Balaban J connectivity index is 2.05. The molecule has 0 unspecified atom stereocenters. The first-order valence-corrected chi connectivity index (χ1v) is 7.14. The van der Waals surface area contributed by atoms with Gasteiger partial charge in [-0.15, -0.1) is 11.3 Å². The Hall–Kier alpha value is -1.33. The minimum atomic E-state index is 0.0760. The number of rotatable bonds is 0. The second kappa shape index (κ2) is 3.59. The zero-order valence-corrected chi connectivity index (χ0v) is 11.0. The third-order valence-corrected chi connectivity index (χ3v) is 4.87. The van der Waals surface area contributed by atoms with Crippen molar-refractivity contribution >= 4 is 28.8 Å². The maximum absolute atomic E-state index is 12.5. The summed E-state index contributed by atoms with van der Waals surface area (Å²) in [6, 6.07) is 2.04. The van der Waals surface area contributed by atoms with Crippen molar-refractivity contribution in [3.05, 3.63) is 33.5 Å². The molecule has 2 aliphatic heterocycles. The van der Waals surface area contributed by atoms with E-state index in [1.807, 2.05) is 20.9 Å². The van der Waals surface area contributed by atoms with E-state index in [0.717, 1.165) is 35.6 Å². The average molecular weight is 280 g/mol. The molecule has 2 aliphatic rings. The van der Waals surface area contributed by atoms with Gasteiger partial charge in [-0.05, 0) is 24.3 Å². The molecule has 92 valence electrons. The highest BCUT2D eigenvalue weighted by Gasteiger charge is 2.39. The second-order valence-electron chi connectivity index (χ2n) is 4.58. The monoisotopic (exact) mass is 279 g/mol. The van der Waals surface area contributed by atoms with E-state index in [1.165, 1.54) is 11.3 Å². The fourth-order valence-corrected chi connectivity index (χ4v) is 4.00. The predicted octanol–water partition coefficient (Wildman–Crippen LogP) is 2.88. The van der Waals surface area contributed by atoms with Gasteiger partial charge in [0, 0.05) is 6.54 Å². The molecule has 1 saturated heterocycles. The molecule has 2 aromatic heterocycles. The molecular formula is C12H10ClN3OS. The summed E-state index contributed by atoms with van der Waals surface area (Å²) in [5, 5.41) is 2.45. The number of carbonyl (C=O) groups excluding carboxylic acids is 1. The van der Waals surface area contributed by atoms with Crippen LogP contribution >= 0.6 is 22.9 Å². The van der Waals surface area contributed by atoms with Crippen LogP contribution in [0, 0.1) is 0 Å². The SMILES string of the molecule is O=C1c2sccc2-n2cnc(Cl)c2[C@@H]2CCCN12. The summed E-state index contributed by atoms with van der Waals surface area (Å²) in [6.07, 6.45) is 3.71. The largest absolute Gasteiger partial charge is 0.329 e. The Kier molecular flexibility index (Phi) is 2.11. The van der Waals surface area contributed by atoms with E-state index < -0.39 is 0 Å². The van der Waals surface area contributed by atoms with Crippen molar-refractivity contribution in [2.75, 3.05) is 6.54 Å². The Morgan fingerprint density at radius 3 is 3.28 bits per heavy atom. The van der Waals surface area contributed by atoms with Crippen LogP contribution in [0.1, 0.15) is 34.2 Å². The molecule has 0 aromatic carbocycles. The normalized spacial score (nSPS) is 21.5. The highest BCUT2D eigenvalue weighted by molar-refractivity contribution is 7.12. The van der Waals surface area contributed by atoms with Crippen molar-refractivity contribution in [1.29, 1.82) is 0 Å². The molecule has 0 saturated carbocycles. The number of hydrogen-bond donors (Lipinski definition) is 0. The van der Waals surface area contributed by atoms with E-state index >= 15 is 0 Å². The van der Waals surface area contributed by atoms with Gasteiger partial charge in [0.1, 0.15) is 11.2 Å². The maximum atomic E-state index is 12.5. The van der Waals surface area contributed by atoms with Crippen LogP contribution in [0.5, 0.6) is 0 Å². The molecule has 0 bridgehead atoms. The second-order valence-corrected chi connectivity index (χ2v) is 5.86. The van der Waals surface area contributed by atoms with Gasteiger partial charge in [-0.1, -0.05) is 11.6 Å². The molecule has 2 aromatic rings. The molecule has 0 spiro atoms. The molecule has 18 heavy (non-hydrogen) atoms. The zero-order valence-electron chi connectivity index (χ0n) is 9.47. The highest BCUT2D eigenvalue weighted by Crippen LogP contribution is 2.41. The molecule has 4 nitrogen and oxygen atoms in total. The summed E-state index contributed by atoms with van der Waals surface area (Å²) in [7, 11) is 0. The van der Waals surface area contributed by atoms with Crippen LogP contribution in [0.25, 0.3) is 5.69 Å². The van der Waals surface area contributed by atoms with E-state index in [2.05, 4.69) is 4.98 Å². The lowest BCUT2D eigenvalue weighted by Crippen LogP contribution is -2.29. The van der Waals surface area contributed by atoms with Crippen molar-refractivity contribution in [3.63, 3.8) is 0 Å². The minimum absolute atomic E-state index is 0.0760. The minimum Gasteiger partial charge on any atom is -0.329 e.